The number of nitrogens with zero attached hydrogens (tertiary/aromatic N) is 3. The minimum atomic E-state index is -1.13. The van der Waals surface area contributed by atoms with Crippen molar-refractivity contribution >= 4 is 35.1 Å². The molecule has 0 bridgehead atoms. The molecule has 0 atom stereocenters. The van der Waals surface area contributed by atoms with E-state index in [2.05, 4.69) is 14.8 Å². The first-order valence-corrected chi connectivity index (χ1v) is 8.44. The van der Waals surface area contributed by atoms with Gasteiger partial charge in [-0.2, -0.15) is 5.10 Å². The second-order valence-corrected chi connectivity index (χ2v) is 6.35. The maximum Gasteiger partial charge on any atom is 0.354 e. The number of halogens is 2. The Morgan fingerprint density at radius 1 is 1.15 bits per heavy atom. The molecule has 1 N–H and O–H groups in total. The van der Waals surface area contributed by atoms with Gasteiger partial charge >= 0.3 is 11.9 Å². The highest BCUT2D eigenvalue weighted by molar-refractivity contribution is 6.42. The van der Waals surface area contributed by atoms with Crippen LogP contribution in [0.5, 0.6) is 0 Å². The molecule has 0 aliphatic rings. The molecule has 7 nitrogen and oxygen atoms in total. The molecule has 0 aliphatic carbocycles. The van der Waals surface area contributed by atoms with Crippen LogP contribution in [0, 0.1) is 0 Å². The number of aromatic nitrogens is 3. The van der Waals surface area contributed by atoms with E-state index in [1.807, 2.05) is 0 Å². The summed E-state index contributed by atoms with van der Waals surface area (Å²) in [7, 11) is 1.28. The number of carbonyl (C=O) groups excluding carboxylic acids is 1. The normalized spacial score (nSPS) is 10.6. The second-order valence-electron chi connectivity index (χ2n) is 5.54. The summed E-state index contributed by atoms with van der Waals surface area (Å²) in [4.78, 5) is 27.2. The fourth-order valence-corrected chi connectivity index (χ4v) is 2.71. The predicted molar refractivity (Wildman–Crippen MR) is 99.3 cm³/mol. The monoisotopic (exact) mass is 405 g/mol. The first-order chi connectivity index (χ1) is 12.9. The molecule has 0 amide bonds. The van der Waals surface area contributed by atoms with E-state index in [9.17, 15) is 14.7 Å². The number of ether oxygens (including phenoxy) is 1. The summed E-state index contributed by atoms with van der Waals surface area (Å²) in [6.07, 6.45) is 1.37. The number of carboxylic acids is 1. The molecule has 3 aromatic rings. The van der Waals surface area contributed by atoms with Gasteiger partial charge in [0.2, 0.25) is 0 Å². The topological polar surface area (TPSA) is 94.3 Å². The van der Waals surface area contributed by atoms with E-state index in [1.54, 1.807) is 30.3 Å². The lowest BCUT2D eigenvalue weighted by atomic mass is 10.1. The quantitative estimate of drug-likeness (QED) is 0.648. The highest BCUT2D eigenvalue weighted by Gasteiger charge is 2.17. The van der Waals surface area contributed by atoms with Gasteiger partial charge in [-0.1, -0.05) is 29.3 Å². The lowest BCUT2D eigenvalue weighted by molar-refractivity contribution is 0.0599. The standard InChI is InChI=1S/C18H13Cl2N3O4/c1-27-18(26)11-2-4-12(21-8-11)9-23-16(17(24)25)7-15(22-23)10-3-5-13(19)14(20)6-10/h2-8H,9H2,1H3,(H,24,25). The first kappa shape index (κ1) is 18.9. The number of carbonyl (C=O) groups is 2. The van der Waals surface area contributed by atoms with Crippen LogP contribution in [-0.4, -0.2) is 38.9 Å². The van der Waals surface area contributed by atoms with Gasteiger partial charge in [0.25, 0.3) is 0 Å². The van der Waals surface area contributed by atoms with Gasteiger partial charge < -0.3 is 9.84 Å². The molecule has 3 rings (SSSR count). The summed E-state index contributed by atoms with van der Waals surface area (Å²) >= 11 is 11.9. The van der Waals surface area contributed by atoms with Crippen molar-refractivity contribution in [2.75, 3.05) is 7.11 Å². The SMILES string of the molecule is COC(=O)c1ccc(Cn2nc(-c3ccc(Cl)c(Cl)c3)cc2C(=O)O)nc1. The Morgan fingerprint density at radius 3 is 2.52 bits per heavy atom. The number of aromatic carboxylic acids is 1. The van der Waals surface area contributed by atoms with Crippen LogP contribution in [0.4, 0.5) is 0 Å². The van der Waals surface area contributed by atoms with Gasteiger partial charge in [-0.05, 0) is 30.3 Å². The Morgan fingerprint density at radius 2 is 1.93 bits per heavy atom. The van der Waals surface area contributed by atoms with Crippen molar-refractivity contribution in [3.63, 3.8) is 0 Å². The van der Waals surface area contributed by atoms with E-state index in [1.165, 1.54) is 24.1 Å². The number of esters is 1. The molecule has 0 saturated carbocycles. The summed E-state index contributed by atoms with van der Waals surface area (Å²) in [5.74, 6) is -1.62. The summed E-state index contributed by atoms with van der Waals surface area (Å²) in [5, 5.41) is 14.6. The maximum atomic E-state index is 11.6. The molecule has 2 heterocycles. The summed E-state index contributed by atoms with van der Waals surface area (Å²) in [6, 6.07) is 9.55. The molecular formula is C18H13Cl2N3O4. The first-order valence-electron chi connectivity index (χ1n) is 7.69. The van der Waals surface area contributed by atoms with Gasteiger partial charge in [-0.3, -0.25) is 9.67 Å². The van der Waals surface area contributed by atoms with Gasteiger partial charge in [0.05, 0.1) is 40.7 Å². The lowest BCUT2D eigenvalue weighted by Gasteiger charge is -2.05. The van der Waals surface area contributed by atoms with Crippen LogP contribution in [0.2, 0.25) is 10.0 Å². The fourth-order valence-electron chi connectivity index (χ4n) is 2.42. The number of carboxylic acid groups (broad SMARTS) is 1. The average Bonchev–Trinajstić information content (AvgIpc) is 3.08. The molecule has 0 radical (unpaired) electrons. The van der Waals surface area contributed by atoms with Crippen molar-refractivity contribution < 1.29 is 19.4 Å². The highest BCUT2D eigenvalue weighted by atomic mass is 35.5. The van der Waals surface area contributed by atoms with E-state index in [-0.39, 0.29) is 12.2 Å². The molecule has 0 fully saturated rings. The number of methoxy groups -OCH3 is 1. The van der Waals surface area contributed by atoms with E-state index in [4.69, 9.17) is 23.2 Å². The van der Waals surface area contributed by atoms with Crippen molar-refractivity contribution in [1.82, 2.24) is 14.8 Å². The summed E-state index contributed by atoms with van der Waals surface area (Å²) in [6.45, 7) is 0.115. The lowest BCUT2D eigenvalue weighted by Crippen LogP contribution is -2.12. The molecule has 1 aromatic carbocycles. The van der Waals surface area contributed by atoms with E-state index in [0.29, 0.717) is 32.6 Å². The van der Waals surface area contributed by atoms with Crippen molar-refractivity contribution in [1.29, 1.82) is 0 Å². The van der Waals surface area contributed by atoms with Crippen LogP contribution >= 0.6 is 23.2 Å². The average molecular weight is 406 g/mol. The smallest absolute Gasteiger partial charge is 0.354 e. The summed E-state index contributed by atoms with van der Waals surface area (Å²) in [5.41, 5.74) is 1.91. The Kier molecular flexibility index (Phi) is 5.43. The maximum absolute atomic E-state index is 11.6. The molecule has 0 unspecified atom stereocenters. The minimum absolute atomic E-state index is 0.00471. The highest BCUT2D eigenvalue weighted by Crippen LogP contribution is 2.28. The van der Waals surface area contributed by atoms with Crippen molar-refractivity contribution in [2.45, 2.75) is 6.54 Å². The van der Waals surface area contributed by atoms with Gasteiger partial charge in [-0.15, -0.1) is 0 Å². The zero-order chi connectivity index (χ0) is 19.6. The third-order valence-electron chi connectivity index (χ3n) is 3.77. The van der Waals surface area contributed by atoms with Crippen LogP contribution in [0.15, 0.2) is 42.6 Å². The molecule has 9 heteroatoms. The van der Waals surface area contributed by atoms with Crippen molar-refractivity contribution in [2.24, 2.45) is 0 Å². The molecule has 138 valence electrons. The Bertz CT molecular complexity index is 1020. The van der Waals surface area contributed by atoms with E-state index < -0.39 is 11.9 Å². The Labute approximate surface area is 164 Å². The molecule has 2 aromatic heterocycles. The van der Waals surface area contributed by atoms with Gasteiger partial charge in [0.15, 0.2) is 0 Å². The van der Waals surface area contributed by atoms with E-state index >= 15 is 0 Å². The van der Waals surface area contributed by atoms with Gasteiger partial charge in [0.1, 0.15) is 5.69 Å². The minimum Gasteiger partial charge on any atom is -0.477 e. The van der Waals surface area contributed by atoms with Gasteiger partial charge in [-0.25, -0.2) is 9.59 Å². The number of benzene rings is 1. The number of pyridine rings is 1. The summed E-state index contributed by atoms with van der Waals surface area (Å²) < 4.78 is 5.94. The molecular weight excluding hydrogens is 393 g/mol. The van der Waals surface area contributed by atoms with Gasteiger partial charge in [0, 0.05) is 11.8 Å². The van der Waals surface area contributed by atoms with Crippen molar-refractivity contribution in [3.8, 4) is 11.3 Å². The molecule has 0 saturated heterocycles. The third-order valence-corrected chi connectivity index (χ3v) is 4.51. The zero-order valence-electron chi connectivity index (χ0n) is 14.0. The largest absolute Gasteiger partial charge is 0.477 e. The predicted octanol–water partition coefficient (Wildman–Crippen LogP) is 3.79. The molecule has 0 spiro atoms. The van der Waals surface area contributed by atoms with Crippen LogP contribution in [-0.2, 0) is 11.3 Å². The van der Waals surface area contributed by atoms with Crippen LogP contribution in [0.25, 0.3) is 11.3 Å². The van der Waals surface area contributed by atoms with Crippen molar-refractivity contribution in [3.05, 3.63) is 69.6 Å². The number of hydrogen-bond acceptors (Lipinski definition) is 5. The number of hydrogen-bond donors (Lipinski definition) is 1. The molecule has 27 heavy (non-hydrogen) atoms. The van der Waals surface area contributed by atoms with Crippen LogP contribution in [0.3, 0.4) is 0 Å². The fraction of sp³-hybridized carbons (Fsp3) is 0.111. The van der Waals surface area contributed by atoms with Crippen LogP contribution in [0.1, 0.15) is 26.5 Å². The Hall–Kier alpha value is -2.90. The second kappa shape index (κ2) is 7.77. The van der Waals surface area contributed by atoms with E-state index in [0.717, 1.165) is 0 Å². The Balaban J connectivity index is 1.93. The third kappa shape index (κ3) is 4.10. The zero-order valence-corrected chi connectivity index (χ0v) is 15.5. The van der Waals surface area contributed by atoms with Crippen LogP contribution < -0.4 is 0 Å². The molecule has 0 aliphatic heterocycles. The number of rotatable bonds is 5.